The van der Waals surface area contributed by atoms with Gasteiger partial charge in [-0.15, -0.1) is 0 Å². The molecule has 27 heavy (non-hydrogen) atoms. The number of nitrogens with one attached hydrogen (secondary N) is 1. The average molecular weight is 394 g/mol. The summed E-state index contributed by atoms with van der Waals surface area (Å²) in [6.45, 7) is 3.48. The molecule has 0 fully saturated rings. The third-order valence-electron chi connectivity index (χ3n) is 3.63. The van der Waals surface area contributed by atoms with E-state index in [1.165, 1.54) is 42.8 Å². The third kappa shape index (κ3) is 4.40. The first-order valence-corrected chi connectivity index (χ1v) is 8.18. The number of nitrogens with zero attached hydrogens (tertiary/aromatic N) is 2. The second-order valence-electron chi connectivity index (χ2n) is 5.72. The van der Waals surface area contributed by atoms with Crippen molar-refractivity contribution in [1.82, 2.24) is 9.78 Å². The summed E-state index contributed by atoms with van der Waals surface area (Å²) in [5, 5.41) is 21.6. The van der Waals surface area contributed by atoms with E-state index in [1.807, 2.05) is 0 Å². The van der Waals surface area contributed by atoms with Crippen LogP contribution in [-0.4, -0.2) is 39.0 Å². The first kappa shape index (κ1) is 20.3. The van der Waals surface area contributed by atoms with Crippen molar-refractivity contribution in [3.05, 3.63) is 57.8 Å². The molecule has 0 unspecified atom stereocenters. The molecule has 2 N–H and O–H groups in total. The minimum atomic E-state index is -0.858. The molecule has 2 rings (SSSR count). The van der Waals surface area contributed by atoms with E-state index >= 15 is 0 Å². The standard InChI is InChI=1S/C18H17ClFN3O4/c1-9(21)15(11(3)24)14(25)8-27-18(26)16-10(2)22-23(17(16)19)13-6-4-12(20)5-7-13/h4-7,21,25H,8H2,1-3H3/b15-14-,21-9?. The highest BCUT2D eigenvalue weighted by atomic mass is 35.5. The number of aliphatic hydroxyl groups excluding tert-OH is 1. The fourth-order valence-corrected chi connectivity index (χ4v) is 2.80. The lowest BCUT2D eigenvalue weighted by Gasteiger charge is -2.08. The van der Waals surface area contributed by atoms with Gasteiger partial charge in [0, 0.05) is 5.71 Å². The van der Waals surface area contributed by atoms with Crippen LogP contribution in [-0.2, 0) is 9.53 Å². The number of ether oxygens (including phenoxy) is 1. The van der Waals surface area contributed by atoms with E-state index in [0.29, 0.717) is 5.69 Å². The zero-order valence-electron chi connectivity index (χ0n) is 14.8. The molecular weight excluding hydrogens is 377 g/mol. The Morgan fingerprint density at radius 2 is 1.89 bits per heavy atom. The average Bonchev–Trinajstić information content (AvgIpc) is 2.87. The number of rotatable bonds is 6. The number of aryl methyl sites for hydroxylation is 1. The summed E-state index contributed by atoms with van der Waals surface area (Å²) in [5.41, 5.74) is 0.337. The fourth-order valence-electron chi connectivity index (χ4n) is 2.45. The Kier molecular flexibility index (Phi) is 6.12. The summed E-state index contributed by atoms with van der Waals surface area (Å²) < 4.78 is 19.3. The number of benzene rings is 1. The van der Waals surface area contributed by atoms with E-state index in [4.69, 9.17) is 21.7 Å². The van der Waals surface area contributed by atoms with E-state index < -0.39 is 29.9 Å². The molecule has 0 bridgehead atoms. The molecule has 0 saturated carbocycles. The Morgan fingerprint density at radius 1 is 1.30 bits per heavy atom. The summed E-state index contributed by atoms with van der Waals surface area (Å²) >= 11 is 6.22. The first-order valence-electron chi connectivity index (χ1n) is 7.80. The maximum Gasteiger partial charge on any atom is 0.343 e. The van der Waals surface area contributed by atoms with E-state index in [9.17, 15) is 19.1 Å². The van der Waals surface area contributed by atoms with Crippen molar-refractivity contribution >= 4 is 29.1 Å². The Hall–Kier alpha value is -3.00. The van der Waals surface area contributed by atoms with Gasteiger partial charge < -0.3 is 15.3 Å². The molecule has 0 spiro atoms. The normalized spacial score (nSPS) is 11.7. The summed E-state index contributed by atoms with van der Waals surface area (Å²) in [7, 11) is 0. The highest BCUT2D eigenvalue weighted by Gasteiger charge is 2.23. The quantitative estimate of drug-likeness (QED) is 0.338. The number of aliphatic hydroxyl groups is 1. The number of carbonyl (C=O) groups excluding carboxylic acids is 2. The SMILES string of the molecule is CC(=N)/C(C(C)=O)=C(/O)COC(=O)c1c(C)nn(-c2ccc(F)cc2)c1Cl. The highest BCUT2D eigenvalue weighted by Crippen LogP contribution is 2.24. The van der Waals surface area contributed by atoms with Crippen LogP contribution in [0.3, 0.4) is 0 Å². The lowest BCUT2D eigenvalue weighted by atomic mass is 10.1. The van der Waals surface area contributed by atoms with Crippen LogP contribution in [0.1, 0.15) is 29.9 Å². The molecule has 0 atom stereocenters. The number of esters is 1. The van der Waals surface area contributed by atoms with Gasteiger partial charge in [0.25, 0.3) is 0 Å². The molecule has 1 aromatic carbocycles. The summed E-state index contributed by atoms with van der Waals surface area (Å²) in [6.07, 6.45) is 0. The Balaban J connectivity index is 2.27. The Bertz CT molecular complexity index is 932. The number of hydrogen-bond donors (Lipinski definition) is 2. The molecule has 7 nitrogen and oxygen atoms in total. The van der Waals surface area contributed by atoms with Gasteiger partial charge in [0.05, 0.1) is 17.0 Å². The van der Waals surface area contributed by atoms with E-state index in [-0.39, 0.29) is 27.7 Å². The fraction of sp³-hybridized carbons (Fsp3) is 0.222. The summed E-state index contributed by atoms with van der Waals surface area (Å²) in [5.74, 6) is -2.33. The minimum absolute atomic E-state index is 0.0234. The van der Waals surface area contributed by atoms with Crippen molar-refractivity contribution in [2.24, 2.45) is 0 Å². The van der Waals surface area contributed by atoms with Gasteiger partial charge in [-0.25, -0.2) is 13.9 Å². The van der Waals surface area contributed by atoms with Gasteiger partial charge in [0.1, 0.15) is 28.9 Å². The zero-order chi connectivity index (χ0) is 20.3. The topological polar surface area (TPSA) is 105 Å². The van der Waals surface area contributed by atoms with Crippen LogP contribution in [0.25, 0.3) is 5.69 Å². The Labute approximate surface area is 159 Å². The molecule has 1 heterocycles. The van der Waals surface area contributed by atoms with Gasteiger partial charge in [-0.05, 0) is 45.0 Å². The van der Waals surface area contributed by atoms with Gasteiger partial charge in [0.2, 0.25) is 0 Å². The molecule has 0 amide bonds. The number of allylic oxidation sites excluding steroid dienone is 1. The summed E-state index contributed by atoms with van der Waals surface area (Å²) in [4.78, 5) is 23.8. The lowest BCUT2D eigenvalue weighted by Crippen LogP contribution is -2.15. The van der Waals surface area contributed by atoms with Crippen LogP contribution >= 0.6 is 11.6 Å². The molecule has 2 aromatic rings. The molecule has 0 radical (unpaired) electrons. The monoisotopic (exact) mass is 393 g/mol. The number of halogens is 2. The van der Waals surface area contributed by atoms with Crippen molar-refractivity contribution in [2.45, 2.75) is 20.8 Å². The van der Waals surface area contributed by atoms with Crippen molar-refractivity contribution in [1.29, 1.82) is 5.41 Å². The lowest BCUT2D eigenvalue weighted by molar-refractivity contribution is -0.113. The molecule has 0 aliphatic rings. The van der Waals surface area contributed by atoms with Gasteiger partial charge >= 0.3 is 5.97 Å². The molecule has 9 heteroatoms. The van der Waals surface area contributed by atoms with Crippen LogP contribution < -0.4 is 0 Å². The molecular formula is C18H17ClFN3O4. The molecule has 0 saturated heterocycles. The minimum Gasteiger partial charge on any atom is -0.508 e. The number of ketones is 1. The maximum absolute atomic E-state index is 13.1. The smallest absolute Gasteiger partial charge is 0.343 e. The van der Waals surface area contributed by atoms with E-state index in [1.54, 1.807) is 6.92 Å². The van der Waals surface area contributed by atoms with Gasteiger partial charge in [0.15, 0.2) is 5.78 Å². The van der Waals surface area contributed by atoms with E-state index in [2.05, 4.69) is 5.10 Å². The van der Waals surface area contributed by atoms with Crippen LogP contribution in [0, 0.1) is 18.2 Å². The predicted octanol–water partition coefficient (Wildman–Crippen LogP) is 3.57. The van der Waals surface area contributed by atoms with Crippen LogP contribution in [0.2, 0.25) is 5.15 Å². The second kappa shape index (κ2) is 8.13. The third-order valence-corrected chi connectivity index (χ3v) is 3.98. The Morgan fingerprint density at radius 3 is 2.41 bits per heavy atom. The maximum atomic E-state index is 13.1. The molecule has 142 valence electrons. The van der Waals surface area contributed by atoms with Crippen LogP contribution in [0.5, 0.6) is 0 Å². The predicted molar refractivity (Wildman–Crippen MR) is 97.3 cm³/mol. The van der Waals surface area contributed by atoms with Crippen molar-refractivity contribution in [2.75, 3.05) is 6.61 Å². The number of Topliss-reactive ketones (excluding diaryl/α,β-unsaturated/α-hetero) is 1. The summed E-state index contributed by atoms with van der Waals surface area (Å²) in [6, 6.07) is 5.35. The van der Waals surface area contributed by atoms with Gasteiger partial charge in [-0.2, -0.15) is 5.10 Å². The van der Waals surface area contributed by atoms with Crippen molar-refractivity contribution in [3.8, 4) is 5.69 Å². The van der Waals surface area contributed by atoms with Gasteiger partial charge in [-0.1, -0.05) is 11.6 Å². The molecule has 0 aliphatic carbocycles. The van der Waals surface area contributed by atoms with Crippen LogP contribution in [0.15, 0.2) is 35.6 Å². The number of aromatic nitrogens is 2. The zero-order valence-corrected chi connectivity index (χ0v) is 15.6. The molecule has 0 aliphatic heterocycles. The number of hydrogen-bond acceptors (Lipinski definition) is 6. The highest BCUT2D eigenvalue weighted by molar-refractivity contribution is 6.33. The second-order valence-corrected chi connectivity index (χ2v) is 6.08. The first-order chi connectivity index (χ1) is 12.6. The van der Waals surface area contributed by atoms with Gasteiger partial charge in [-0.3, -0.25) is 4.79 Å². The molecule has 1 aromatic heterocycles. The van der Waals surface area contributed by atoms with Crippen molar-refractivity contribution in [3.63, 3.8) is 0 Å². The van der Waals surface area contributed by atoms with E-state index in [0.717, 1.165) is 0 Å². The van der Waals surface area contributed by atoms with Crippen LogP contribution in [0.4, 0.5) is 4.39 Å². The number of carbonyl (C=O) groups is 2. The largest absolute Gasteiger partial charge is 0.508 e. The van der Waals surface area contributed by atoms with Crippen molar-refractivity contribution < 1.29 is 23.8 Å².